The van der Waals surface area contributed by atoms with E-state index in [0.717, 1.165) is 24.0 Å². The fourth-order valence-corrected chi connectivity index (χ4v) is 5.33. The number of rotatable bonds is 10. The predicted molar refractivity (Wildman–Crippen MR) is 128 cm³/mol. The van der Waals surface area contributed by atoms with E-state index in [1.54, 1.807) is 21.7 Å². The van der Waals surface area contributed by atoms with Gasteiger partial charge in [-0.05, 0) is 30.9 Å². The molecule has 3 aromatic rings. The van der Waals surface area contributed by atoms with Crippen LogP contribution in [0, 0.1) is 12.8 Å². The van der Waals surface area contributed by atoms with E-state index in [9.17, 15) is 13.2 Å². The summed E-state index contributed by atoms with van der Waals surface area (Å²) in [6, 6.07) is 17.2. The Labute approximate surface area is 195 Å². The van der Waals surface area contributed by atoms with Crippen LogP contribution in [0.2, 0.25) is 0 Å². The van der Waals surface area contributed by atoms with E-state index < -0.39 is 9.84 Å². The molecule has 0 unspecified atom stereocenters. The van der Waals surface area contributed by atoms with E-state index >= 15 is 0 Å². The molecule has 4 rings (SSSR count). The molecule has 1 aliphatic carbocycles. The third-order valence-electron chi connectivity index (χ3n) is 5.78. The summed E-state index contributed by atoms with van der Waals surface area (Å²) in [6.07, 6.45) is 5.10. The molecule has 1 saturated carbocycles. The molecule has 0 radical (unpaired) electrons. The normalized spacial score (nSPS) is 13.6. The fraction of sp³-hybridized carbons (Fsp3) is 0.308. The number of imidazole rings is 1. The Kier molecular flexibility index (Phi) is 6.79. The Morgan fingerprint density at radius 1 is 1.12 bits per heavy atom. The van der Waals surface area contributed by atoms with Crippen LogP contribution in [-0.4, -0.2) is 35.3 Å². The van der Waals surface area contributed by atoms with Gasteiger partial charge in [0.25, 0.3) is 0 Å². The lowest BCUT2D eigenvalue weighted by atomic mass is 10.2. The third-order valence-corrected chi connectivity index (χ3v) is 7.38. The Hall–Kier alpha value is -3.19. The molecule has 172 valence electrons. The molecule has 7 heteroatoms. The number of hydrogen-bond acceptors (Lipinski definition) is 4. The summed E-state index contributed by atoms with van der Waals surface area (Å²) in [5, 5.41) is 0.0272. The highest BCUT2D eigenvalue weighted by molar-refractivity contribution is 7.90. The van der Waals surface area contributed by atoms with Crippen molar-refractivity contribution in [3.63, 3.8) is 0 Å². The number of carbonyl (C=O) groups is 1. The van der Waals surface area contributed by atoms with Crippen LogP contribution >= 0.6 is 0 Å². The lowest BCUT2D eigenvalue weighted by Crippen LogP contribution is -2.33. The van der Waals surface area contributed by atoms with Crippen LogP contribution in [0.1, 0.15) is 35.2 Å². The SMILES string of the molecule is C=CCN(Cc1cnc(S(=O)(=O)Cc2ccc(C)cc2)n1Cc1ccccc1)C(=O)C1CC1. The molecule has 1 aliphatic rings. The lowest BCUT2D eigenvalue weighted by molar-refractivity contribution is -0.132. The molecule has 0 atom stereocenters. The maximum absolute atomic E-state index is 13.4. The van der Waals surface area contributed by atoms with Crippen molar-refractivity contribution in [3.8, 4) is 0 Å². The number of carbonyl (C=O) groups excluding carboxylic acids is 1. The lowest BCUT2D eigenvalue weighted by Gasteiger charge is -2.22. The smallest absolute Gasteiger partial charge is 0.228 e. The highest BCUT2D eigenvalue weighted by atomic mass is 32.2. The molecule has 0 bridgehead atoms. The van der Waals surface area contributed by atoms with Crippen LogP contribution in [0.5, 0.6) is 0 Å². The van der Waals surface area contributed by atoms with E-state index in [1.165, 1.54) is 0 Å². The molecule has 6 nitrogen and oxygen atoms in total. The first kappa shape index (κ1) is 23.0. The maximum Gasteiger partial charge on any atom is 0.228 e. The average Bonchev–Trinajstić information content (AvgIpc) is 3.57. The monoisotopic (exact) mass is 463 g/mol. The van der Waals surface area contributed by atoms with Gasteiger partial charge in [-0.2, -0.15) is 0 Å². The van der Waals surface area contributed by atoms with E-state index in [1.807, 2.05) is 61.5 Å². The van der Waals surface area contributed by atoms with Gasteiger partial charge in [-0.1, -0.05) is 66.2 Å². The van der Waals surface area contributed by atoms with Crippen molar-refractivity contribution in [2.24, 2.45) is 5.92 Å². The highest BCUT2D eigenvalue weighted by Crippen LogP contribution is 2.31. The maximum atomic E-state index is 13.4. The van der Waals surface area contributed by atoms with Crippen molar-refractivity contribution in [2.45, 2.75) is 43.8 Å². The van der Waals surface area contributed by atoms with Crippen molar-refractivity contribution in [1.29, 1.82) is 0 Å². The Balaban J connectivity index is 1.68. The molecule has 0 saturated heterocycles. The summed E-state index contributed by atoms with van der Waals surface area (Å²) in [6.45, 7) is 6.81. The zero-order valence-electron chi connectivity index (χ0n) is 18.9. The molecule has 1 aromatic heterocycles. The highest BCUT2D eigenvalue weighted by Gasteiger charge is 2.34. The molecule has 0 spiro atoms. The number of hydrogen-bond donors (Lipinski definition) is 0. The first-order chi connectivity index (χ1) is 15.9. The van der Waals surface area contributed by atoms with Crippen LogP contribution < -0.4 is 0 Å². The first-order valence-corrected chi connectivity index (χ1v) is 12.8. The summed E-state index contributed by atoms with van der Waals surface area (Å²) >= 11 is 0. The average molecular weight is 464 g/mol. The van der Waals surface area contributed by atoms with Crippen LogP contribution in [-0.2, 0) is 33.5 Å². The summed E-state index contributed by atoms with van der Waals surface area (Å²) in [5.74, 6) is 0.0298. The van der Waals surface area contributed by atoms with Gasteiger partial charge in [0.1, 0.15) is 0 Å². The topological polar surface area (TPSA) is 72.3 Å². The van der Waals surface area contributed by atoms with Crippen molar-refractivity contribution in [3.05, 3.63) is 95.8 Å². The predicted octanol–water partition coefficient (Wildman–Crippen LogP) is 4.14. The van der Waals surface area contributed by atoms with Gasteiger partial charge in [0.15, 0.2) is 0 Å². The molecule has 1 heterocycles. The molecule has 1 fully saturated rings. The molecule has 0 N–H and O–H groups in total. The Bertz CT molecular complexity index is 1230. The quantitative estimate of drug-likeness (QED) is 0.424. The minimum absolute atomic E-state index is 0.0272. The molecular formula is C26H29N3O3S. The first-order valence-electron chi connectivity index (χ1n) is 11.1. The van der Waals surface area contributed by atoms with E-state index in [4.69, 9.17) is 0 Å². The van der Waals surface area contributed by atoms with Crippen LogP contribution in [0.15, 0.2) is 78.6 Å². The van der Waals surface area contributed by atoms with Gasteiger partial charge in [0.05, 0.1) is 30.7 Å². The molecule has 2 aromatic carbocycles. The van der Waals surface area contributed by atoms with Gasteiger partial charge in [-0.3, -0.25) is 4.79 Å². The molecular weight excluding hydrogens is 434 g/mol. The number of nitrogens with zero attached hydrogens (tertiary/aromatic N) is 3. The van der Waals surface area contributed by atoms with Crippen LogP contribution in [0.25, 0.3) is 0 Å². The standard InChI is InChI=1S/C26H29N3O3S/c1-3-15-28(25(30)23-13-14-23)18-24-16-27-26(29(24)17-21-7-5-4-6-8-21)33(31,32)19-22-11-9-20(2)10-12-22/h3-12,16,23H,1,13-15,17-19H2,2H3. The minimum atomic E-state index is -3.70. The largest absolute Gasteiger partial charge is 0.333 e. The summed E-state index contributed by atoms with van der Waals surface area (Å²) in [7, 11) is -3.70. The summed E-state index contributed by atoms with van der Waals surface area (Å²) in [4.78, 5) is 18.8. The van der Waals surface area contributed by atoms with Crippen LogP contribution in [0.4, 0.5) is 0 Å². The number of sulfone groups is 1. The van der Waals surface area contributed by atoms with E-state index in [0.29, 0.717) is 30.9 Å². The number of aromatic nitrogens is 2. The number of amides is 1. The number of benzene rings is 2. The Morgan fingerprint density at radius 2 is 1.82 bits per heavy atom. The van der Waals surface area contributed by atoms with Gasteiger partial charge in [-0.15, -0.1) is 6.58 Å². The number of aryl methyl sites for hydroxylation is 1. The van der Waals surface area contributed by atoms with Gasteiger partial charge >= 0.3 is 0 Å². The second-order valence-corrected chi connectivity index (χ2v) is 10.5. The van der Waals surface area contributed by atoms with Crippen molar-refractivity contribution in [1.82, 2.24) is 14.5 Å². The fourth-order valence-electron chi connectivity index (χ4n) is 3.84. The molecule has 0 aliphatic heterocycles. The summed E-state index contributed by atoms with van der Waals surface area (Å²) < 4.78 is 28.5. The van der Waals surface area contributed by atoms with Crippen molar-refractivity contribution >= 4 is 15.7 Å². The van der Waals surface area contributed by atoms with Gasteiger partial charge in [0.2, 0.25) is 20.9 Å². The van der Waals surface area contributed by atoms with Crippen molar-refractivity contribution < 1.29 is 13.2 Å². The van der Waals surface area contributed by atoms with E-state index in [-0.39, 0.29) is 22.7 Å². The van der Waals surface area contributed by atoms with Crippen LogP contribution in [0.3, 0.4) is 0 Å². The van der Waals surface area contributed by atoms with Crippen molar-refractivity contribution in [2.75, 3.05) is 6.54 Å². The Morgan fingerprint density at radius 3 is 2.45 bits per heavy atom. The molecule has 33 heavy (non-hydrogen) atoms. The molecule has 1 amide bonds. The minimum Gasteiger partial charge on any atom is -0.333 e. The second kappa shape index (κ2) is 9.75. The zero-order chi connectivity index (χ0) is 23.4. The summed E-state index contributed by atoms with van der Waals surface area (Å²) in [5.41, 5.74) is 3.45. The zero-order valence-corrected chi connectivity index (χ0v) is 19.7. The third kappa shape index (κ3) is 5.60. The van der Waals surface area contributed by atoms with E-state index in [2.05, 4.69) is 11.6 Å². The van der Waals surface area contributed by atoms with Gasteiger partial charge in [-0.25, -0.2) is 13.4 Å². The van der Waals surface area contributed by atoms with Gasteiger partial charge in [0, 0.05) is 12.5 Å². The van der Waals surface area contributed by atoms with Gasteiger partial charge < -0.3 is 9.47 Å². The second-order valence-electron chi connectivity index (χ2n) is 8.63.